The summed E-state index contributed by atoms with van der Waals surface area (Å²) < 4.78 is 5.71. The van der Waals surface area contributed by atoms with Gasteiger partial charge in [-0.05, 0) is 30.9 Å². The van der Waals surface area contributed by atoms with Gasteiger partial charge in [0.25, 0.3) is 0 Å². The zero-order chi connectivity index (χ0) is 11.7. The van der Waals surface area contributed by atoms with Gasteiger partial charge in [0, 0.05) is 12.5 Å². The number of fused-ring (bicyclic) bond motifs is 1. The lowest BCUT2D eigenvalue weighted by atomic mass is 9.96. The number of hydrogen-bond donors (Lipinski definition) is 1. The zero-order valence-electron chi connectivity index (χ0n) is 9.93. The van der Waals surface area contributed by atoms with Crippen LogP contribution in [0, 0.1) is 5.92 Å². The minimum atomic E-state index is 0.200. The second kappa shape index (κ2) is 4.49. The van der Waals surface area contributed by atoms with Crippen LogP contribution in [-0.4, -0.2) is 11.0 Å². The monoisotopic (exact) mass is 230 g/mol. The highest BCUT2D eigenvalue weighted by molar-refractivity contribution is 5.72. The van der Waals surface area contributed by atoms with Crippen LogP contribution in [0.1, 0.15) is 31.6 Å². The third kappa shape index (κ3) is 2.20. The Morgan fingerprint density at radius 2 is 2.06 bits per heavy atom. The Morgan fingerprint density at radius 3 is 2.82 bits per heavy atom. The lowest BCUT2D eigenvalue weighted by molar-refractivity contribution is 0.395. The van der Waals surface area contributed by atoms with Crippen molar-refractivity contribution in [2.45, 2.75) is 38.1 Å². The molecule has 3 rings (SSSR count). The highest BCUT2D eigenvalue weighted by Crippen LogP contribution is 2.28. The zero-order valence-corrected chi connectivity index (χ0v) is 9.93. The lowest BCUT2D eigenvalue weighted by Crippen LogP contribution is -2.30. The van der Waals surface area contributed by atoms with Gasteiger partial charge in [-0.15, -0.1) is 0 Å². The first-order valence-corrected chi connectivity index (χ1v) is 6.43. The predicted molar refractivity (Wildman–Crippen MR) is 67.6 cm³/mol. The van der Waals surface area contributed by atoms with Crippen LogP contribution in [0.25, 0.3) is 11.1 Å². The average molecular weight is 230 g/mol. The summed E-state index contributed by atoms with van der Waals surface area (Å²) in [7, 11) is 0. The van der Waals surface area contributed by atoms with E-state index >= 15 is 0 Å². The van der Waals surface area contributed by atoms with Gasteiger partial charge in [0.1, 0.15) is 5.52 Å². The van der Waals surface area contributed by atoms with Crippen molar-refractivity contribution in [1.29, 1.82) is 0 Å². The Bertz CT molecular complexity index is 467. The summed E-state index contributed by atoms with van der Waals surface area (Å²) in [6.45, 7) is 0. The third-order valence-corrected chi connectivity index (χ3v) is 3.75. The molecule has 1 aromatic carbocycles. The maximum atomic E-state index is 6.23. The van der Waals surface area contributed by atoms with Crippen LogP contribution in [0.15, 0.2) is 28.7 Å². The molecule has 1 aromatic heterocycles. The molecule has 0 aliphatic heterocycles. The molecule has 0 spiro atoms. The minimum absolute atomic E-state index is 0.200. The largest absolute Gasteiger partial charge is 0.441 e. The number of nitrogens with two attached hydrogens (primary N) is 1. The molecule has 2 aromatic rings. The molecule has 1 saturated carbocycles. The Labute approximate surface area is 101 Å². The van der Waals surface area contributed by atoms with Gasteiger partial charge >= 0.3 is 0 Å². The van der Waals surface area contributed by atoms with Gasteiger partial charge in [0.15, 0.2) is 11.5 Å². The van der Waals surface area contributed by atoms with Crippen LogP contribution in [0.2, 0.25) is 0 Å². The van der Waals surface area contributed by atoms with Gasteiger partial charge in [-0.3, -0.25) is 0 Å². The standard InChI is InChI=1S/C14H18N2O/c15-11(10-5-1-2-6-10)9-14-16-12-7-3-4-8-13(12)17-14/h3-4,7-8,10-11H,1-2,5-6,9,15H2. The third-order valence-electron chi connectivity index (χ3n) is 3.75. The Morgan fingerprint density at radius 1 is 1.29 bits per heavy atom. The molecule has 90 valence electrons. The molecular formula is C14H18N2O. The Balaban J connectivity index is 1.75. The first-order chi connectivity index (χ1) is 8.33. The van der Waals surface area contributed by atoms with Crippen molar-refractivity contribution in [2.24, 2.45) is 11.7 Å². The maximum Gasteiger partial charge on any atom is 0.197 e. The fourth-order valence-electron chi connectivity index (χ4n) is 2.76. The number of hydrogen-bond acceptors (Lipinski definition) is 3. The van der Waals surface area contributed by atoms with E-state index in [1.54, 1.807) is 0 Å². The van der Waals surface area contributed by atoms with Crippen LogP contribution >= 0.6 is 0 Å². The van der Waals surface area contributed by atoms with Crippen LogP contribution in [0.5, 0.6) is 0 Å². The first kappa shape index (κ1) is 10.8. The van der Waals surface area contributed by atoms with E-state index in [9.17, 15) is 0 Å². The second-order valence-electron chi connectivity index (χ2n) is 4.99. The fourth-order valence-corrected chi connectivity index (χ4v) is 2.76. The molecule has 3 nitrogen and oxygen atoms in total. The van der Waals surface area contributed by atoms with Crippen molar-refractivity contribution < 1.29 is 4.42 Å². The van der Waals surface area contributed by atoms with E-state index in [1.165, 1.54) is 25.7 Å². The number of nitrogens with zero attached hydrogens (tertiary/aromatic N) is 1. The second-order valence-corrected chi connectivity index (χ2v) is 4.99. The Hall–Kier alpha value is -1.35. The topological polar surface area (TPSA) is 52.0 Å². The summed E-state index contributed by atoms with van der Waals surface area (Å²) in [4.78, 5) is 4.48. The van der Waals surface area contributed by atoms with Gasteiger partial charge in [-0.2, -0.15) is 0 Å². The lowest BCUT2D eigenvalue weighted by Gasteiger charge is -2.16. The van der Waals surface area contributed by atoms with E-state index in [4.69, 9.17) is 10.2 Å². The van der Waals surface area contributed by atoms with E-state index in [1.807, 2.05) is 24.3 Å². The number of rotatable bonds is 3. The molecule has 1 fully saturated rings. The van der Waals surface area contributed by atoms with Crippen LogP contribution in [0.4, 0.5) is 0 Å². The molecule has 1 heterocycles. The Kier molecular flexibility index (Phi) is 2.85. The highest BCUT2D eigenvalue weighted by Gasteiger charge is 2.23. The molecule has 1 unspecified atom stereocenters. The van der Waals surface area contributed by atoms with Crippen molar-refractivity contribution in [3.8, 4) is 0 Å². The minimum Gasteiger partial charge on any atom is -0.441 e. The average Bonchev–Trinajstić information content (AvgIpc) is 2.97. The number of aromatic nitrogens is 1. The van der Waals surface area contributed by atoms with Crippen LogP contribution in [-0.2, 0) is 6.42 Å². The molecule has 1 aliphatic rings. The van der Waals surface area contributed by atoms with Crippen LogP contribution < -0.4 is 5.73 Å². The summed E-state index contributed by atoms with van der Waals surface area (Å²) in [5, 5.41) is 0. The van der Waals surface area contributed by atoms with Crippen molar-refractivity contribution in [1.82, 2.24) is 4.98 Å². The van der Waals surface area contributed by atoms with Crippen molar-refractivity contribution in [3.63, 3.8) is 0 Å². The quantitative estimate of drug-likeness (QED) is 0.882. The van der Waals surface area contributed by atoms with Crippen LogP contribution in [0.3, 0.4) is 0 Å². The molecule has 17 heavy (non-hydrogen) atoms. The molecule has 2 N–H and O–H groups in total. The van der Waals surface area contributed by atoms with Gasteiger partial charge in [0.05, 0.1) is 0 Å². The molecule has 0 amide bonds. The van der Waals surface area contributed by atoms with Gasteiger partial charge < -0.3 is 10.2 Å². The summed E-state index contributed by atoms with van der Waals surface area (Å²) >= 11 is 0. The number of oxazole rings is 1. The van der Waals surface area contributed by atoms with Gasteiger partial charge in [-0.25, -0.2) is 4.98 Å². The van der Waals surface area contributed by atoms with Gasteiger partial charge in [-0.1, -0.05) is 25.0 Å². The van der Waals surface area contributed by atoms with E-state index < -0.39 is 0 Å². The maximum absolute atomic E-state index is 6.23. The summed E-state index contributed by atoms with van der Waals surface area (Å²) in [5.41, 5.74) is 8.03. The normalized spacial score (nSPS) is 18.9. The molecule has 3 heteroatoms. The van der Waals surface area contributed by atoms with Crippen molar-refractivity contribution >= 4 is 11.1 Å². The van der Waals surface area contributed by atoms with E-state index in [0.717, 1.165) is 23.4 Å². The molecule has 0 saturated heterocycles. The van der Waals surface area contributed by atoms with E-state index in [2.05, 4.69) is 4.98 Å². The summed E-state index contributed by atoms with van der Waals surface area (Å²) in [6.07, 6.45) is 5.94. The summed E-state index contributed by atoms with van der Waals surface area (Å²) in [5.74, 6) is 1.44. The molecule has 0 radical (unpaired) electrons. The number of benzene rings is 1. The molecular weight excluding hydrogens is 212 g/mol. The van der Waals surface area contributed by atoms with Gasteiger partial charge in [0.2, 0.25) is 0 Å². The summed E-state index contributed by atoms with van der Waals surface area (Å²) in [6, 6.07) is 8.07. The van der Waals surface area contributed by atoms with E-state index in [-0.39, 0.29) is 6.04 Å². The highest BCUT2D eigenvalue weighted by atomic mass is 16.3. The molecule has 0 bridgehead atoms. The van der Waals surface area contributed by atoms with Crippen molar-refractivity contribution in [3.05, 3.63) is 30.2 Å². The SMILES string of the molecule is NC(Cc1nc2ccccc2o1)C1CCCC1. The number of para-hydroxylation sites is 2. The first-order valence-electron chi connectivity index (χ1n) is 6.43. The molecule has 1 aliphatic carbocycles. The predicted octanol–water partition coefficient (Wildman–Crippen LogP) is 2.89. The van der Waals surface area contributed by atoms with E-state index in [0.29, 0.717) is 5.92 Å². The van der Waals surface area contributed by atoms with Crippen molar-refractivity contribution in [2.75, 3.05) is 0 Å². The fraction of sp³-hybridized carbons (Fsp3) is 0.500. The smallest absolute Gasteiger partial charge is 0.197 e. The molecule has 1 atom stereocenters.